The van der Waals surface area contributed by atoms with Crippen molar-refractivity contribution in [2.24, 2.45) is 0 Å². The first-order chi connectivity index (χ1) is 7.79. The van der Waals surface area contributed by atoms with Crippen LogP contribution >= 0.6 is 11.3 Å². The predicted octanol–water partition coefficient (Wildman–Crippen LogP) is 2.35. The highest BCUT2D eigenvalue weighted by Gasteiger charge is 2.12. The molecule has 16 heavy (non-hydrogen) atoms. The summed E-state index contributed by atoms with van der Waals surface area (Å²) in [5, 5.41) is 3.30. The Morgan fingerprint density at radius 3 is 2.94 bits per heavy atom. The summed E-state index contributed by atoms with van der Waals surface area (Å²) in [6, 6.07) is 6.40. The van der Waals surface area contributed by atoms with Gasteiger partial charge in [-0.2, -0.15) is 0 Å². The molecule has 0 saturated heterocycles. The van der Waals surface area contributed by atoms with E-state index in [4.69, 9.17) is 0 Å². The van der Waals surface area contributed by atoms with E-state index in [0.29, 0.717) is 0 Å². The van der Waals surface area contributed by atoms with Crippen molar-refractivity contribution in [2.75, 3.05) is 7.05 Å². The van der Waals surface area contributed by atoms with Crippen molar-refractivity contribution in [2.45, 2.75) is 19.4 Å². The summed E-state index contributed by atoms with van der Waals surface area (Å²) in [5.41, 5.74) is 4.02. The number of nitrogens with one attached hydrogen (secondary N) is 1. The number of nitrogens with zero attached hydrogens (tertiary/aromatic N) is 2. The van der Waals surface area contributed by atoms with E-state index >= 15 is 0 Å². The number of thiazole rings is 1. The largest absolute Gasteiger partial charge is 0.311 e. The Kier molecular flexibility index (Phi) is 3.64. The van der Waals surface area contributed by atoms with Crippen LogP contribution in [0.25, 0.3) is 0 Å². The number of rotatable bonds is 4. The van der Waals surface area contributed by atoms with Gasteiger partial charge >= 0.3 is 0 Å². The fourth-order valence-corrected chi connectivity index (χ4v) is 2.30. The van der Waals surface area contributed by atoms with E-state index in [1.807, 2.05) is 31.7 Å². The van der Waals surface area contributed by atoms with Crippen LogP contribution in [0.5, 0.6) is 0 Å². The average molecular weight is 233 g/mol. The van der Waals surface area contributed by atoms with E-state index in [0.717, 1.165) is 17.8 Å². The van der Waals surface area contributed by atoms with Crippen molar-refractivity contribution >= 4 is 11.3 Å². The molecule has 0 saturated carbocycles. The van der Waals surface area contributed by atoms with Gasteiger partial charge in [0, 0.05) is 23.2 Å². The molecule has 1 atom stereocenters. The van der Waals surface area contributed by atoms with Gasteiger partial charge in [-0.05, 0) is 26.1 Å². The molecule has 2 aromatic rings. The van der Waals surface area contributed by atoms with Gasteiger partial charge in [-0.1, -0.05) is 6.07 Å². The Hall–Kier alpha value is -1.26. The van der Waals surface area contributed by atoms with Gasteiger partial charge in [0.05, 0.1) is 17.2 Å². The molecule has 0 aliphatic rings. The zero-order valence-electron chi connectivity index (χ0n) is 9.47. The average Bonchev–Trinajstić information content (AvgIpc) is 2.78. The van der Waals surface area contributed by atoms with Crippen molar-refractivity contribution < 1.29 is 0 Å². The number of pyridine rings is 1. The number of aromatic nitrogens is 2. The normalized spacial score (nSPS) is 12.6. The van der Waals surface area contributed by atoms with E-state index in [-0.39, 0.29) is 6.04 Å². The van der Waals surface area contributed by atoms with Crippen LogP contribution in [-0.4, -0.2) is 17.0 Å². The minimum atomic E-state index is 0.264. The topological polar surface area (TPSA) is 37.8 Å². The zero-order valence-corrected chi connectivity index (χ0v) is 10.3. The number of hydrogen-bond acceptors (Lipinski definition) is 4. The molecule has 84 valence electrons. The summed E-state index contributed by atoms with van der Waals surface area (Å²) in [4.78, 5) is 9.92. The third-order valence-corrected chi connectivity index (χ3v) is 3.31. The molecule has 0 bridgehead atoms. The Bertz CT molecular complexity index is 439. The molecule has 0 aliphatic heterocycles. The van der Waals surface area contributed by atoms with Crippen LogP contribution in [0.15, 0.2) is 29.9 Å². The summed E-state index contributed by atoms with van der Waals surface area (Å²) < 4.78 is 0. The molecule has 2 aromatic heterocycles. The van der Waals surface area contributed by atoms with Gasteiger partial charge in [0.25, 0.3) is 0 Å². The molecule has 1 N–H and O–H groups in total. The Labute approximate surface area is 99.6 Å². The molecule has 3 nitrogen and oxygen atoms in total. The molecule has 0 aliphatic carbocycles. The number of hydrogen-bond donors (Lipinski definition) is 1. The lowest BCUT2D eigenvalue weighted by molar-refractivity contribution is 0.578. The smallest absolute Gasteiger partial charge is 0.0794 e. The van der Waals surface area contributed by atoms with E-state index in [2.05, 4.69) is 27.4 Å². The molecule has 1 unspecified atom stereocenters. The highest BCUT2D eigenvalue weighted by atomic mass is 32.1. The van der Waals surface area contributed by atoms with Crippen LogP contribution < -0.4 is 5.32 Å². The molecular weight excluding hydrogens is 218 g/mol. The quantitative estimate of drug-likeness (QED) is 0.881. The summed E-state index contributed by atoms with van der Waals surface area (Å²) in [6.07, 6.45) is 2.86. The lowest BCUT2D eigenvalue weighted by atomic mass is 10.1. The molecule has 0 aromatic carbocycles. The Balaban J connectivity index is 2.16. The molecule has 2 heterocycles. The first-order valence-electron chi connectivity index (χ1n) is 5.28. The maximum absolute atomic E-state index is 4.55. The summed E-state index contributed by atoms with van der Waals surface area (Å²) in [6.45, 7) is 2.02. The summed E-state index contributed by atoms with van der Waals surface area (Å²) in [5.74, 6) is 0. The lowest BCUT2D eigenvalue weighted by Crippen LogP contribution is -2.19. The third kappa shape index (κ3) is 2.65. The minimum absolute atomic E-state index is 0.264. The highest BCUT2D eigenvalue weighted by molar-refractivity contribution is 7.09. The minimum Gasteiger partial charge on any atom is -0.311 e. The van der Waals surface area contributed by atoms with Gasteiger partial charge in [0.1, 0.15) is 0 Å². The predicted molar refractivity (Wildman–Crippen MR) is 66.6 cm³/mol. The van der Waals surface area contributed by atoms with Crippen molar-refractivity contribution in [1.29, 1.82) is 0 Å². The maximum Gasteiger partial charge on any atom is 0.0794 e. The van der Waals surface area contributed by atoms with Crippen molar-refractivity contribution in [3.05, 3.63) is 46.2 Å². The second-order valence-electron chi connectivity index (χ2n) is 3.72. The molecule has 4 heteroatoms. The van der Waals surface area contributed by atoms with Gasteiger partial charge in [-0.3, -0.25) is 9.97 Å². The number of aryl methyl sites for hydroxylation is 1. The van der Waals surface area contributed by atoms with Crippen LogP contribution in [-0.2, 0) is 6.42 Å². The second-order valence-corrected chi connectivity index (χ2v) is 4.69. The monoisotopic (exact) mass is 233 g/mol. The zero-order chi connectivity index (χ0) is 11.4. The van der Waals surface area contributed by atoms with Crippen molar-refractivity contribution in [1.82, 2.24) is 15.3 Å². The van der Waals surface area contributed by atoms with Crippen LogP contribution in [0.3, 0.4) is 0 Å². The Morgan fingerprint density at radius 1 is 1.44 bits per heavy atom. The second kappa shape index (κ2) is 5.18. The van der Waals surface area contributed by atoms with Crippen LogP contribution in [0.1, 0.15) is 22.3 Å². The molecule has 2 rings (SSSR count). The van der Waals surface area contributed by atoms with E-state index < -0.39 is 0 Å². The first-order valence-corrected chi connectivity index (χ1v) is 6.15. The lowest BCUT2D eigenvalue weighted by Gasteiger charge is -2.14. The number of likely N-dealkylation sites (N-methyl/N-ethyl adjacent to an activating group) is 1. The van der Waals surface area contributed by atoms with Crippen LogP contribution in [0.4, 0.5) is 0 Å². The van der Waals surface area contributed by atoms with Gasteiger partial charge in [-0.25, -0.2) is 0 Å². The van der Waals surface area contributed by atoms with Gasteiger partial charge in [-0.15, -0.1) is 11.3 Å². The molecule has 0 radical (unpaired) electrons. The summed E-state index contributed by atoms with van der Waals surface area (Å²) >= 11 is 1.69. The van der Waals surface area contributed by atoms with Gasteiger partial charge in [0.2, 0.25) is 0 Å². The Morgan fingerprint density at radius 2 is 2.31 bits per heavy atom. The fourth-order valence-electron chi connectivity index (χ4n) is 1.66. The van der Waals surface area contributed by atoms with Crippen LogP contribution in [0, 0.1) is 6.92 Å². The maximum atomic E-state index is 4.55. The fraction of sp³-hybridized carbons (Fsp3) is 0.333. The van der Waals surface area contributed by atoms with Gasteiger partial charge < -0.3 is 5.32 Å². The van der Waals surface area contributed by atoms with Crippen molar-refractivity contribution in [3.63, 3.8) is 0 Å². The standard InChI is InChI=1S/C12H15N3S/c1-9-4-3-5-11(15-9)12(13-2)6-10-7-14-8-16-10/h3-5,7-8,12-13H,6H2,1-2H3. The SMILES string of the molecule is CNC(Cc1cncs1)c1cccc(C)n1. The highest BCUT2D eigenvalue weighted by Crippen LogP contribution is 2.18. The first kappa shape index (κ1) is 11.2. The van der Waals surface area contributed by atoms with E-state index in [1.54, 1.807) is 11.3 Å². The van der Waals surface area contributed by atoms with Gasteiger partial charge in [0.15, 0.2) is 0 Å². The third-order valence-electron chi connectivity index (χ3n) is 2.50. The molecule has 0 amide bonds. The van der Waals surface area contributed by atoms with Crippen molar-refractivity contribution in [3.8, 4) is 0 Å². The van der Waals surface area contributed by atoms with Crippen LogP contribution in [0.2, 0.25) is 0 Å². The van der Waals surface area contributed by atoms with E-state index in [1.165, 1.54) is 4.88 Å². The molecular formula is C12H15N3S. The molecule has 0 spiro atoms. The van der Waals surface area contributed by atoms with E-state index in [9.17, 15) is 0 Å². The summed E-state index contributed by atoms with van der Waals surface area (Å²) in [7, 11) is 1.97. The molecule has 0 fully saturated rings.